The van der Waals surface area contributed by atoms with Crippen molar-refractivity contribution in [2.75, 3.05) is 27.3 Å². The van der Waals surface area contributed by atoms with Crippen LogP contribution in [0.4, 0.5) is 0 Å². The summed E-state index contributed by atoms with van der Waals surface area (Å²) in [5, 5.41) is 9.21. The van der Waals surface area contributed by atoms with Gasteiger partial charge in [-0.2, -0.15) is 5.26 Å². The lowest BCUT2D eigenvalue weighted by Gasteiger charge is -2.38. The maximum Gasteiger partial charge on any atom is 0.166 e. The Morgan fingerprint density at radius 2 is 1.58 bits per heavy atom. The van der Waals surface area contributed by atoms with Crippen molar-refractivity contribution in [3.8, 4) is 17.6 Å². The number of hydrogen-bond donors (Lipinski definition) is 0. The molecular formula is C31H32N2O3. The maximum absolute atomic E-state index is 13.2. The zero-order valence-electron chi connectivity index (χ0n) is 20.9. The first kappa shape index (κ1) is 24.1. The molecule has 0 saturated carbocycles. The minimum absolute atomic E-state index is 0.0387. The van der Waals surface area contributed by atoms with Crippen molar-refractivity contribution >= 4 is 5.78 Å². The highest BCUT2D eigenvalue weighted by Gasteiger charge is 2.35. The number of ketones is 1. The first-order valence-electron chi connectivity index (χ1n) is 12.7. The molecule has 0 aromatic heterocycles. The Kier molecular flexibility index (Phi) is 7.06. The second-order valence-corrected chi connectivity index (χ2v) is 9.89. The van der Waals surface area contributed by atoms with Crippen molar-refractivity contribution in [2.45, 2.75) is 31.7 Å². The van der Waals surface area contributed by atoms with E-state index in [1.54, 1.807) is 14.2 Å². The SMILES string of the molecule is COc1cc2c(cc1OC)C(=O)C(CC1CCN([C@H](c3ccccc3)c3ccc(C#N)cc3)CC1)C2. The maximum atomic E-state index is 13.2. The second-order valence-electron chi connectivity index (χ2n) is 9.89. The Morgan fingerprint density at radius 1 is 0.944 bits per heavy atom. The highest BCUT2D eigenvalue weighted by Crippen LogP contribution is 2.40. The van der Waals surface area contributed by atoms with Crippen LogP contribution in [-0.2, 0) is 6.42 Å². The van der Waals surface area contributed by atoms with Crippen LogP contribution < -0.4 is 9.47 Å². The molecule has 3 aromatic carbocycles. The Morgan fingerprint density at radius 3 is 2.22 bits per heavy atom. The molecule has 2 atom stereocenters. The van der Waals surface area contributed by atoms with Gasteiger partial charge in [0.25, 0.3) is 0 Å². The van der Waals surface area contributed by atoms with Crippen molar-refractivity contribution in [3.05, 3.63) is 94.5 Å². The van der Waals surface area contributed by atoms with Crippen molar-refractivity contribution in [1.29, 1.82) is 5.26 Å². The Balaban J connectivity index is 1.27. The molecule has 5 rings (SSSR count). The summed E-state index contributed by atoms with van der Waals surface area (Å²) in [6, 6.07) is 24.8. The van der Waals surface area contributed by atoms with Crippen LogP contribution in [0.15, 0.2) is 66.7 Å². The molecule has 1 heterocycles. The Bertz CT molecular complexity index is 1260. The van der Waals surface area contributed by atoms with Crippen LogP contribution >= 0.6 is 0 Å². The van der Waals surface area contributed by atoms with Crippen LogP contribution in [0.1, 0.15) is 57.9 Å². The molecule has 36 heavy (non-hydrogen) atoms. The number of benzene rings is 3. The standard InChI is InChI=1S/C31H32N2O3/c1-35-28-18-25-17-26(31(34)27(25)19-29(28)36-2)16-21-12-14-33(15-13-21)30(23-6-4-3-5-7-23)24-10-8-22(20-32)9-11-24/h3-11,18-19,21,26,30H,12-17H2,1-2H3/t26?,30-/m1/s1. The van der Waals surface area contributed by atoms with Gasteiger partial charge in [0.15, 0.2) is 17.3 Å². The number of fused-ring (bicyclic) bond motifs is 1. The van der Waals surface area contributed by atoms with Gasteiger partial charge in [-0.15, -0.1) is 0 Å². The molecular weight excluding hydrogens is 448 g/mol. The summed E-state index contributed by atoms with van der Waals surface area (Å²) in [6.07, 6.45) is 3.87. The van der Waals surface area contributed by atoms with Gasteiger partial charge in [-0.1, -0.05) is 42.5 Å². The number of piperidine rings is 1. The number of Topliss-reactive ketones (excluding diaryl/α,β-unsaturated/α-hetero) is 1. The van der Waals surface area contributed by atoms with E-state index in [1.807, 2.05) is 30.3 Å². The Labute approximate surface area is 213 Å². The molecule has 1 unspecified atom stereocenters. The number of hydrogen-bond acceptors (Lipinski definition) is 5. The average Bonchev–Trinajstić information content (AvgIpc) is 3.23. The molecule has 3 aromatic rings. The normalized spacial score (nSPS) is 18.9. The van der Waals surface area contributed by atoms with E-state index in [9.17, 15) is 10.1 Å². The number of nitriles is 1. The summed E-state index contributed by atoms with van der Waals surface area (Å²) in [7, 11) is 3.24. The minimum atomic E-state index is 0.0387. The topological polar surface area (TPSA) is 62.6 Å². The van der Waals surface area contributed by atoms with Crippen LogP contribution in [0.25, 0.3) is 0 Å². The van der Waals surface area contributed by atoms with E-state index in [4.69, 9.17) is 9.47 Å². The predicted molar refractivity (Wildman–Crippen MR) is 139 cm³/mol. The number of carbonyl (C=O) groups is 1. The first-order chi connectivity index (χ1) is 17.6. The summed E-state index contributed by atoms with van der Waals surface area (Å²) >= 11 is 0. The van der Waals surface area contributed by atoms with E-state index in [0.717, 1.165) is 49.9 Å². The van der Waals surface area contributed by atoms with Gasteiger partial charge < -0.3 is 9.47 Å². The molecule has 1 aliphatic carbocycles. The number of ether oxygens (including phenoxy) is 2. The lowest BCUT2D eigenvalue weighted by atomic mass is 9.84. The molecule has 5 heteroatoms. The number of likely N-dealkylation sites (tertiary alicyclic amines) is 1. The summed E-state index contributed by atoms with van der Waals surface area (Å²) in [6.45, 7) is 1.97. The van der Waals surface area contributed by atoms with Crippen LogP contribution in [0.5, 0.6) is 11.5 Å². The largest absolute Gasteiger partial charge is 0.493 e. The van der Waals surface area contributed by atoms with Crippen LogP contribution in [0, 0.1) is 23.2 Å². The van der Waals surface area contributed by atoms with Gasteiger partial charge in [0.2, 0.25) is 0 Å². The average molecular weight is 481 g/mol. The fourth-order valence-corrected chi connectivity index (χ4v) is 5.93. The smallest absolute Gasteiger partial charge is 0.166 e. The second kappa shape index (κ2) is 10.6. The number of rotatable bonds is 7. The molecule has 5 nitrogen and oxygen atoms in total. The lowest BCUT2D eigenvalue weighted by Crippen LogP contribution is -2.38. The zero-order valence-corrected chi connectivity index (χ0v) is 20.9. The number of carbonyl (C=O) groups excluding carboxylic acids is 1. The molecule has 2 aliphatic rings. The van der Waals surface area contributed by atoms with Crippen LogP contribution in [0.3, 0.4) is 0 Å². The molecule has 0 spiro atoms. The van der Waals surface area contributed by atoms with E-state index < -0.39 is 0 Å². The number of methoxy groups -OCH3 is 2. The molecule has 0 bridgehead atoms. The fourth-order valence-electron chi connectivity index (χ4n) is 5.93. The van der Waals surface area contributed by atoms with E-state index in [0.29, 0.717) is 23.0 Å². The van der Waals surface area contributed by atoms with Gasteiger partial charge in [-0.25, -0.2) is 0 Å². The fraction of sp³-hybridized carbons (Fsp3) is 0.355. The molecule has 1 aliphatic heterocycles. The van der Waals surface area contributed by atoms with Crippen molar-refractivity contribution < 1.29 is 14.3 Å². The molecule has 0 amide bonds. The summed E-state index contributed by atoms with van der Waals surface area (Å²) in [4.78, 5) is 15.8. The highest BCUT2D eigenvalue weighted by atomic mass is 16.5. The van der Waals surface area contributed by atoms with Crippen molar-refractivity contribution in [2.24, 2.45) is 11.8 Å². The van der Waals surface area contributed by atoms with Crippen LogP contribution in [-0.4, -0.2) is 38.0 Å². The summed E-state index contributed by atoms with van der Waals surface area (Å²) in [5.41, 5.74) is 5.03. The van der Waals surface area contributed by atoms with Crippen LogP contribution in [0.2, 0.25) is 0 Å². The predicted octanol–water partition coefficient (Wildman–Crippen LogP) is 5.82. The minimum Gasteiger partial charge on any atom is -0.493 e. The molecule has 0 N–H and O–H groups in total. The van der Waals surface area contributed by atoms with Gasteiger partial charge in [-0.05, 0) is 85.6 Å². The first-order valence-corrected chi connectivity index (χ1v) is 12.7. The molecule has 184 valence electrons. The third kappa shape index (κ3) is 4.74. The van der Waals surface area contributed by atoms with E-state index in [2.05, 4.69) is 47.4 Å². The molecule has 1 saturated heterocycles. The quantitative estimate of drug-likeness (QED) is 0.426. The van der Waals surface area contributed by atoms with Gasteiger partial charge in [0, 0.05) is 11.5 Å². The number of nitrogens with zero attached hydrogens (tertiary/aromatic N) is 2. The Hall–Kier alpha value is -3.62. The molecule has 0 radical (unpaired) electrons. The van der Waals surface area contributed by atoms with E-state index in [1.165, 1.54) is 11.1 Å². The lowest BCUT2D eigenvalue weighted by molar-refractivity contribution is 0.0886. The monoisotopic (exact) mass is 480 g/mol. The zero-order chi connectivity index (χ0) is 25.1. The van der Waals surface area contributed by atoms with Crippen molar-refractivity contribution in [1.82, 2.24) is 4.90 Å². The van der Waals surface area contributed by atoms with Gasteiger partial charge in [0.05, 0.1) is 31.9 Å². The third-order valence-corrected chi connectivity index (χ3v) is 7.81. The van der Waals surface area contributed by atoms with E-state index in [-0.39, 0.29) is 17.7 Å². The van der Waals surface area contributed by atoms with Gasteiger partial charge >= 0.3 is 0 Å². The molecule has 1 fully saturated rings. The summed E-state index contributed by atoms with van der Waals surface area (Å²) < 4.78 is 10.9. The van der Waals surface area contributed by atoms with Gasteiger partial charge in [-0.3, -0.25) is 9.69 Å². The van der Waals surface area contributed by atoms with Gasteiger partial charge in [0.1, 0.15) is 0 Å². The highest BCUT2D eigenvalue weighted by molar-refractivity contribution is 6.02. The third-order valence-electron chi connectivity index (χ3n) is 7.81. The van der Waals surface area contributed by atoms with Crippen molar-refractivity contribution in [3.63, 3.8) is 0 Å². The van der Waals surface area contributed by atoms with E-state index >= 15 is 0 Å². The summed E-state index contributed by atoms with van der Waals surface area (Å²) in [5.74, 6) is 2.12.